The average molecular weight is 515 g/mol. The smallest absolute Gasteiger partial charge is 0.368 e. The van der Waals surface area contributed by atoms with Crippen molar-refractivity contribution in [2.75, 3.05) is 29.9 Å². The van der Waals surface area contributed by atoms with Gasteiger partial charge >= 0.3 is 6.18 Å². The Bertz CT molecular complexity index is 1270. The van der Waals surface area contributed by atoms with E-state index in [0.29, 0.717) is 6.54 Å². The summed E-state index contributed by atoms with van der Waals surface area (Å²) < 4.78 is 67.4. The van der Waals surface area contributed by atoms with E-state index in [-0.39, 0.29) is 50.3 Å². The lowest BCUT2D eigenvalue weighted by molar-refractivity contribution is -0.137. The number of nitrogens with one attached hydrogen (secondary N) is 3. The molecule has 13 heteroatoms. The molecular weight excluding hydrogens is 493 g/mol. The van der Waals surface area contributed by atoms with Crippen molar-refractivity contribution in [1.29, 1.82) is 0 Å². The predicted molar refractivity (Wildman–Crippen MR) is 124 cm³/mol. The molecule has 1 saturated heterocycles. The number of piperidine rings is 1. The summed E-state index contributed by atoms with van der Waals surface area (Å²) in [6, 6.07) is 7.50. The summed E-state index contributed by atoms with van der Waals surface area (Å²) in [5.41, 5.74) is 4.35. The molecule has 0 radical (unpaired) electrons. The third kappa shape index (κ3) is 5.45. The standard InChI is InChI=1S/C21H22ClF3N6O2S/c22-17-9-14(28-20-29-19(26)30-31-20)8-16(21(23,24)25)18(17)13-3-5-15(6-4-13)34(32,33)11-12-2-1-7-27-10-12/h3-6,8-9,12,27H,1-2,7,10-11H2,(H4,26,28,29,30,31). The van der Waals surface area contributed by atoms with E-state index in [2.05, 4.69) is 25.8 Å². The molecule has 0 saturated carbocycles. The Hall–Kier alpha value is -2.83. The van der Waals surface area contributed by atoms with Crippen LogP contribution in [0.1, 0.15) is 18.4 Å². The van der Waals surface area contributed by atoms with Gasteiger partial charge in [0.05, 0.1) is 21.2 Å². The van der Waals surface area contributed by atoms with Crippen molar-refractivity contribution >= 4 is 39.0 Å². The molecule has 5 N–H and O–H groups in total. The van der Waals surface area contributed by atoms with Crippen LogP contribution in [0.4, 0.5) is 30.8 Å². The number of nitrogen functional groups attached to an aromatic ring is 1. The van der Waals surface area contributed by atoms with Gasteiger partial charge in [-0.25, -0.2) is 13.5 Å². The lowest BCUT2D eigenvalue weighted by Gasteiger charge is -2.22. The summed E-state index contributed by atoms with van der Waals surface area (Å²) >= 11 is 6.27. The molecule has 4 rings (SSSR count). The van der Waals surface area contributed by atoms with Crippen LogP contribution < -0.4 is 16.4 Å². The minimum Gasteiger partial charge on any atom is -0.368 e. The fourth-order valence-corrected chi connectivity index (χ4v) is 5.93. The van der Waals surface area contributed by atoms with Crippen LogP contribution >= 0.6 is 11.6 Å². The number of benzene rings is 2. The quantitative estimate of drug-likeness (QED) is 0.387. The first-order valence-electron chi connectivity index (χ1n) is 10.4. The number of aromatic nitrogens is 3. The number of nitrogens with zero attached hydrogens (tertiary/aromatic N) is 2. The minimum absolute atomic E-state index is 0.00365. The number of alkyl halides is 3. The molecule has 2 heterocycles. The number of sulfone groups is 1. The SMILES string of the molecule is Nc1nc(Nc2cc(Cl)c(-c3ccc(S(=O)(=O)CC4CCCNC4)cc3)c(C(F)(F)F)c2)n[nH]1. The Kier molecular flexibility index (Phi) is 6.74. The molecule has 1 atom stereocenters. The van der Waals surface area contributed by atoms with Gasteiger partial charge in [0.2, 0.25) is 11.9 Å². The molecule has 0 bridgehead atoms. The zero-order chi connectivity index (χ0) is 24.5. The molecule has 34 heavy (non-hydrogen) atoms. The van der Waals surface area contributed by atoms with Crippen LogP contribution in [0.15, 0.2) is 41.3 Å². The Labute approximate surface area is 199 Å². The number of H-pyrrole nitrogens is 1. The monoisotopic (exact) mass is 514 g/mol. The lowest BCUT2D eigenvalue weighted by Crippen LogP contribution is -2.33. The van der Waals surface area contributed by atoms with E-state index in [1.165, 1.54) is 30.3 Å². The van der Waals surface area contributed by atoms with E-state index in [1.807, 2.05) is 0 Å². The van der Waals surface area contributed by atoms with Crippen molar-refractivity contribution in [3.63, 3.8) is 0 Å². The predicted octanol–water partition coefficient (Wildman–Crippen LogP) is 4.24. The number of hydrogen-bond acceptors (Lipinski definition) is 7. The number of aromatic amines is 1. The maximum atomic E-state index is 13.9. The first-order chi connectivity index (χ1) is 16.0. The molecule has 8 nitrogen and oxygen atoms in total. The fraction of sp³-hybridized carbons (Fsp3) is 0.333. The summed E-state index contributed by atoms with van der Waals surface area (Å²) in [7, 11) is -3.58. The van der Waals surface area contributed by atoms with E-state index < -0.39 is 21.6 Å². The highest BCUT2D eigenvalue weighted by Gasteiger charge is 2.35. The van der Waals surface area contributed by atoms with E-state index in [9.17, 15) is 21.6 Å². The van der Waals surface area contributed by atoms with Crippen molar-refractivity contribution in [1.82, 2.24) is 20.5 Å². The highest BCUT2D eigenvalue weighted by atomic mass is 35.5. The van der Waals surface area contributed by atoms with Crippen molar-refractivity contribution in [2.45, 2.75) is 23.9 Å². The van der Waals surface area contributed by atoms with Gasteiger partial charge in [-0.1, -0.05) is 23.7 Å². The Morgan fingerprint density at radius 3 is 2.53 bits per heavy atom. The third-order valence-electron chi connectivity index (χ3n) is 5.51. The molecule has 182 valence electrons. The topological polar surface area (TPSA) is 126 Å². The van der Waals surface area contributed by atoms with Crippen LogP contribution in [0.5, 0.6) is 0 Å². The van der Waals surface area contributed by atoms with Gasteiger partial charge in [-0.3, -0.25) is 0 Å². The van der Waals surface area contributed by atoms with Gasteiger partial charge in [0.1, 0.15) is 0 Å². The van der Waals surface area contributed by atoms with E-state index in [4.69, 9.17) is 17.3 Å². The zero-order valence-corrected chi connectivity index (χ0v) is 19.4. The summed E-state index contributed by atoms with van der Waals surface area (Å²) in [5.74, 6) is -0.0302. The molecule has 0 amide bonds. The number of hydrogen-bond donors (Lipinski definition) is 4. The van der Waals surface area contributed by atoms with Crippen molar-refractivity contribution in [2.24, 2.45) is 5.92 Å². The highest BCUT2D eigenvalue weighted by molar-refractivity contribution is 7.91. The summed E-state index contributed by atoms with van der Waals surface area (Å²) in [6.07, 6.45) is -3.00. The van der Waals surface area contributed by atoms with E-state index in [0.717, 1.165) is 25.5 Å². The normalized spacial score (nSPS) is 17.0. The maximum Gasteiger partial charge on any atom is 0.417 e. The van der Waals surface area contributed by atoms with Gasteiger partial charge in [0.15, 0.2) is 9.84 Å². The molecule has 1 unspecified atom stereocenters. The number of nitrogens with two attached hydrogens (primary N) is 1. The van der Waals surface area contributed by atoms with E-state index in [1.54, 1.807) is 0 Å². The Morgan fingerprint density at radius 2 is 1.94 bits per heavy atom. The molecule has 1 aliphatic heterocycles. The number of halogens is 4. The molecule has 3 aromatic rings. The molecule has 1 aromatic heterocycles. The van der Waals surface area contributed by atoms with Crippen LogP contribution in [0.25, 0.3) is 11.1 Å². The molecule has 0 spiro atoms. The second-order valence-electron chi connectivity index (χ2n) is 8.07. The second-order valence-corrected chi connectivity index (χ2v) is 10.5. The van der Waals surface area contributed by atoms with Crippen molar-refractivity contribution in [3.05, 3.63) is 47.0 Å². The minimum atomic E-state index is -4.73. The molecule has 1 fully saturated rings. The maximum absolute atomic E-state index is 13.9. The van der Waals surface area contributed by atoms with Gasteiger partial charge in [-0.05, 0) is 61.7 Å². The molecule has 1 aliphatic rings. The molecule has 0 aliphatic carbocycles. The van der Waals surface area contributed by atoms with Gasteiger partial charge in [-0.2, -0.15) is 18.2 Å². The van der Waals surface area contributed by atoms with Crippen LogP contribution in [0, 0.1) is 5.92 Å². The first-order valence-corrected chi connectivity index (χ1v) is 12.5. The van der Waals surface area contributed by atoms with Gasteiger partial charge in [0.25, 0.3) is 0 Å². The number of rotatable bonds is 6. The van der Waals surface area contributed by atoms with Crippen molar-refractivity contribution < 1.29 is 21.6 Å². The number of anilines is 3. The third-order valence-corrected chi connectivity index (χ3v) is 7.71. The van der Waals surface area contributed by atoms with Crippen LogP contribution in [-0.4, -0.2) is 42.4 Å². The van der Waals surface area contributed by atoms with Crippen LogP contribution in [-0.2, 0) is 16.0 Å². The van der Waals surface area contributed by atoms with Crippen molar-refractivity contribution in [3.8, 4) is 11.1 Å². The summed E-state index contributed by atoms with van der Waals surface area (Å²) in [6.45, 7) is 1.50. The summed E-state index contributed by atoms with van der Waals surface area (Å²) in [4.78, 5) is 3.86. The molecular formula is C21H22ClF3N6O2S. The lowest BCUT2D eigenvalue weighted by atomic mass is 9.98. The summed E-state index contributed by atoms with van der Waals surface area (Å²) in [5, 5.41) is 11.7. The van der Waals surface area contributed by atoms with Gasteiger partial charge in [-0.15, -0.1) is 5.10 Å². The fourth-order valence-electron chi connectivity index (χ4n) is 3.96. The van der Waals surface area contributed by atoms with E-state index >= 15 is 0 Å². The largest absolute Gasteiger partial charge is 0.417 e. The second kappa shape index (κ2) is 9.43. The Balaban J connectivity index is 1.65. The van der Waals surface area contributed by atoms with Crippen LogP contribution in [0.3, 0.4) is 0 Å². The Morgan fingerprint density at radius 1 is 1.21 bits per heavy atom. The highest BCUT2D eigenvalue weighted by Crippen LogP contribution is 2.43. The van der Waals surface area contributed by atoms with Gasteiger partial charge < -0.3 is 16.4 Å². The first kappa shape index (κ1) is 24.3. The average Bonchev–Trinajstić information content (AvgIpc) is 3.18. The van der Waals surface area contributed by atoms with Crippen LogP contribution in [0.2, 0.25) is 5.02 Å². The zero-order valence-electron chi connectivity index (χ0n) is 17.8. The molecule has 2 aromatic carbocycles. The van der Waals surface area contributed by atoms with Gasteiger partial charge in [0, 0.05) is 11.3 Å².